The normalized spacial score (nSPS) is 12.8. The molecule has 0 aliphatic rings. The van der Waals surface area contributed by atoms with Crippen molar-refractivity contribution in [1.29, 1.82) is 0 Å². The minimum absolute atomic E-state index is 0.195. The Morgan fingerprint density at radius 1 is 1.20 bits per heavy atom. The third-order valence-electron chi connectivity index (χ3n) is 2.67. The highest BCUT2D eigenvalue weighted by Crippen LogP contribution is 2.35. The fraction of sp³-hybridized carbons (Fsp3) is 0.385. The third kappa shape index (κ3) is 3.58. The molecule has 1 rings (SSSR count). The molecule has 5 nitrogen and oxygen atoms in total. The number of alkyl halides is 1. The number of imide groups is 1. The molecule has 20 heavy (non-hydrogen) atoms. The number of hydrogen-bond acceptors (Lipinski definition) is 4. The number of sulfone groups is 1. The van der Waals surface area contributed by atoms with E-state index in [1.54, 1.807) is 19.1 Å². The molecule has 0 N–H and O–H groups in total. The number of rotatable bonds is 3. The molecule has 7 heteroatoms. The number of carbonyl (C=O) groups excluding carboxylic acids is 2. The van der Waals surface area contributed by atoms with Gasteiger partial charge in [0.05, 0.1) is 5.69 Å². The topological polar surface area (TPSA) is 71.5 Å². The van der Waals surface area contributed by atoms with Crippen molar-refractivity contribution in [3.05, 3.63) is 29.3 Å². The van der Waals surface area contributed by atoms with E-state index in [1.165, 1.54) is 19.9 Å². The molecule has 1 aromatic rings. The molecule has 0 aliphatic carbocycles. The molecule has 0 aliphatic heterocycles. The lowest BCUT2D eigenvalue weighted by atomic mass is 10.1. The summed E-state index contributed by atoms with van der Waals surface area (Å²) in [6, 6.07) is 4.77. The summed E-state index contributed by atoms with van der Waals surface area (Å²) >= 11 is 5.98. The van der Waals surface area contributed by atoms with Crippen LogP contribution in [0.5, 0.6) is 0 Å². The van der Waals surface area contributed by atoms with Crippen molar-refractivity contribution in [2.24, 2.45) is 0 Å². The van der Waals surface area contributed by atoms with Crippen molar-refractivity contribution in [3.63, 3.8) is 0 Å². The second-order valence-electron chi connectivity index (χ2n) is 4.58. The lowest BCUT2D eigenvalue weighted by Crippen LogP contribution is -2.34. The van der Waals surface area contributed by atoms with Crippen LogP contribution in [-0.4, -0.2) is 26.5 Å². The van der Waals surface area contributed by atoms with Gasteiger partial charge in [-0.2, -0.15) is 0 Å². The number of anilines is 1. The Balaban J connectivity index is 3.56. The van der Waals surface area contributed by atoms with E-state index in [1.807, 2.05) is 0 Å². The first-order valence-electron chi connectivity index (χ1n) is 5.80. The van der Waals surface area contributed by atoms with Crippen LogP contribution in [0.4, 0.5) is 5.69 Å². The van der Waals surface area contributed by atoms with Crippen LogP contribution in [0.1, 0.15) is 29.7 Å². The number of nitrogens with zero attached hydrogens (tertiary/aromatic N) is 1. The molecule has 110 valence electrons. The highest BCUT2D eigenvalue weighted by molar-refractivity contribution is 7.92. The van der Waals surface area contributed by atoms with Gasteiger partial charge < -0.3 is 0 Å². The Kier molecular flexibility index (Phi) is 4.94. The van der Waals surface area contributed by atoms with E-state index in [0.29, 0.717) is 0 Å². The van der Waals surface area contributed by atoms with Gasteiger partial charge in [-0.15, -0.1) is 11.6 Å². The number of amides is 2. The largest absolute Gasteiger partial charge is 0.274 e. The molecular formula is C13H16ClNO4S. The van der Waals surface area contributed by atoms with Gasteiger partial charge >= 0.3 is 0 Å². The maximum absolute atomic E-state index is 11.6. The van der Waals surface area contributed by atoms with Crippen LogP contribution >= 0.6 is 11.6 Å². The minimum Gasteiger partial charge on any atom is -0.274 e. The number of carbonyl (C=O) groups is 2. The summed E-state index contributed by atoms with van der Waals surface area (Å²) in [4.78, 5) is 24.1. The highest BCUT2D eigenvalue weighted by atomic mass is 35.5. The third-order valence-corrected chi connectivity index (χ3v) is 4.89. The van der Waals surface area contributed by atoms with E-state index >= 15 is 0 Å². The Hall–Kier alpha value is -1.40. The predicted octanol–water partition coefficient (Wildman–Crippen LogP) is 2.18. The fourth-order valence-electron chi connectivity index (χ4n) is 1.85. The molecule has 0 saturated heterocycles. The number of hydrogen-bond donors (Lipinski definition) is 0. The van der Waals surface area contributed by atoms with Gasteiger partial charge in [-0.1, -0.05) is 17.7 Å². The predicted molar refractivity (Wildman–Crippen MR) is 78.5 cm³/mol. The van der Waals surface area contributed by atoms with Crippen LogP contribution in [-0.2, 0) is 19.4 Å². The van der Waals surface area contributed by atoms with Crippen LogP contribution in [0.3, 0.4) is 0 Å². The molecular weight excluding hydrogens is 302 g/mol. The molecule has 0 radical (unpaired) electrons. The van der Waals surface area contributed by atoms with Crippen LogP contribution in [0.25, 0.3) is 0 Å². The van der Waals surface area contributed by atoms with E-state index in [-0.39, 0.29) is 11.3 Å². The van der Waals surface area contributed by atoms with Crippen molar-refractivity contribution in [1.82, 2.24) is 0 Å². The minimum atomic E-state index is -3.56. The molecule has 0 saturated carbocycles. The molecule has 1 atom stereocenters. The van der Waals surface area contributed by atoms with E-state index in [2.05, 4.69) is 0 Å². The van der Waals surface area contributed by atoms with Crippen molar-refractivity contribution < 1.29 is 18.0 Å². The summed E-state index contributed by atoms with van der Waals surface area (Å²) in [5, 5.41) is 0. The van der Waals surface area contributed by atoms with E-state index in [4.69, 9.17) is 11.6 Å². The zero-order valence-corrected chi connectivity index (χ0v) is 13.2. The molecule has 0 heterocycles. The van der Waals surface area contributed by atoms with Crippen LogP contribution in [0, 0.1) is 6.92 Å². The average Bonchev–Trinajstić information content (AvgIpc) is 2.28. The first-order valence-corrected chi connectivity index (χ1v) is 8.19. The van der Waals surface area contributed by atoms with Gasteiger partial charge in [-0.25, -0.2) is 8.42 Å². The van der Waals surface area contributed by atoms with Crippen molar-refractivity contribution in [2.45, 2.75) is 25.5 Å². The maximum Gasteiger partial charge on any atom is 0.230 e. The Morgan fingerprint density at radius 2 is 1.70 bits per heavy atom. The second-order valence-corrected chi connectivity index (χ2v) is 7.41. The van der Waals surface area contributed by atoms with Crippen LogP contribution in [0.15, 0.2) is 18.2 Å². The molecule has 1 aromatic carbocycles. The summed E-state index contributed by atoms with van der Waals surface area (Å²) < 4.78 is 22.0. The molecule has 2 amide bonds. The van der Waals surface area contributed by atoms with Gasteiger partial charge in [0.2, 0.25) is 11.8 Å². The number of benzene rings is 1. The van der Waals surface area contributed by atoms with E-state index in [9.17, 15) is 18.0 Å². The number of halogens is 1. The maximum atomic E-state index is 11.6. The van der Waals surface area contributed by atoms with Crippen molar-refractivity contribution >= 4 is 38.9 Å². The van der Waals surface area contributed by atoms with Gasteiger partial charge in [0, 0.05) is 25.7 Å². The van der Waals surface area contributed by atoms with Gasteiger partial charge in [-0.3, -0.25) is 14.5 Å². The monoisotopic (exact) mass is 317 g/mol. The first kappa shape index (κ1) is 16.7. The molecule has 0 fully saturated rings. The zero-order valence-electron chi connectivity index (χ0n) is 11.7. The summed E-state index contributed by atoms with van der Waals surface area (Å²) in [7, 11) is -3.56. The van der Waals surface area contributed by atoms with Crippen LogP contribution < -0.4 is 4.90 Å². The molecule has 0 spiro atoms. The van der Waals surface area contributed by atoms with E-state index in [0.717, 1.165) is 16.7 Å². The van der Waals surface area contributed by atoms with Crippen LogP contribution in [0.2, 0.25) is 0 Å². The smallest absolute Gasteiger partial charge is 0.230 e. The van der Waals surface area contributed by atoms with Gasteiger partial charge in [0.15, 0.2) is 14.5 Å². The molecule has 0 unspecified atom stereocenters. The number of aryl methyl sites for hydroxylation is 1. The Morgan fingerprint density at radius 3 is 2.10 bits per heavy atom. The lowest BCUT2D eigenvalue weighted by Gasteiger charge is -2.22. The lowest BCUT2D eigenvalue weighted by molar-refractivity contribution is -0.124. The molecule has 0 aromatic heterocycles. The fourth-order valence-corrected chi connectivity index (χ4v) is 2.68. The van der Waals surface area contributed by atoms with Gasteiger partial charge in [0.25, 0.3) is 0 Å². The summed E-state index contributed by atoms with van der Waals surface area (Å²) in [6.45, 7) is 4.23. The SMILES string of the molecule is CC(=O)N(C(C)=O)c1ccc(C)cc1[C@H](Cl)S(C)(=O)=O. The summed E-state index contributed by atoms with van der Waals surface area (Å²) in [5.41, 5.74) is 1.20. The Bertz CT molecular complexity index is 640. The summed E-state index contributed by atoms with van der Waals surface area (Å²) in [5.74, 6) is -1.00. The van der Waals surface area contributed by atoms with Crippen molar-refractivity contribution in [3.8, 4) is 0 Å². The standard InChI is InChI=1S/C13H16ClNO4S/c1-8-5-6-12(15(9(2)16)10(3)17)11(7-8)13(14)20(4,18)19/h5-7,13H,1-4H3/t13-/m1/s1. The first-order chi connectivity index (χ1) is 9.05. The van der Waals surface area contributed by atoms with Gasteiger partial charge in [0.1, 0.15) is 0 Å². The van der Waals surface area contributed by atoms with Crippen molar-refractivity contribution in [2.75, 3.05) is 11.2 Å². The molecule has 0 bridgehead atoms. The zero-order chi connectivity index (χ0) is 15.7. The summed E-state index contributed by atoms with van der Waals surface area (Å²) in [6.07, 6.45) is 1.00. The van der Waals surface area contributed by atoms with E-state index < -0.39 is 26.4 Å². The highest BCUT2D eigenvalue weighted by Gasteiger charge is 2.28. The second kappa shape index (κ2) is 5.93. The Labute approximate surface area is 123 Å². The van der Waals surface area contributed by atoms with Gasteiger partial charge in [-0.05, 0) is 13.0 Å². The quantitative estimate of drug-likeness (QED) is 0.801. The average molecular weight is 318 g/mol.